The van der Waals surface area contributed by atoms with Crippen molar-refractivity contribution in [1.29, 1.82) is 0 Å². The molecule has 0 saturated heterocycles. The molecule has 1 aliphatic heterocycles. The van der Waals surface area contributed by atoms with Crippen molar-refractivity contribution >= 4 is 22.9 Å². The molecule has 2 heterocycles. The largest absolute Gasteiger partial charge is 0.497 e. The van der Waals surface area contributed by atoms with Crippen LogP contribution in [0.4, 0.5) is 4.39 Å². The van der Waals surface area contributed by atoms with Crippen LogP contribution in [-0.2, 0) is 4.74 Å². The average Bonchev–Trinajstić information content (AvgIpc) is 3.29. The number of hydrogen-bond donors (Lipinski definition) is 1. The second-order valence-corrected chi connectivity index (χ2v) is 7.62. The molecular weight excluding hydrogens is 431 g/mol. The number of nitrogens with zero attached hydrogens (tertiary/aromatic N) is 3. The summed E-state index contributed by atoms with van der Waals surface area (Å²) in [6.45, 7) is 3.00. The maximum atomic E-state index is 13.6. The fourth-order valence-electron chi connectivity index (χ4n) is 3.63. The highest BCUT2D eigenvalue weighted by Gasteiger charge is 2.34. The zero-order valence-electron chi connectivity index (χ0n) is 18.0. The molecule has 1 N–H and O–H groups in total. The van der Waals surface area contributed by atoms with Gasteiger partial charge in [-0.05, 0) is 49.0 Å². The third-order valence-corrected chi connectivity index (χ3v) is 5.64. The number of methoxy groups -OCH3 is 2. The number of benzene rings is 2. The summed E-state index contributed by atoms with van der Waals surface area (Å²) in [5.74, 6) is 1.18. The van der Waals surface area contributed by atoms with E-state index in [-0.39, 0.29) is 11.9 Å². The smallest absolute Gasteiger partial charge is 0.258 e. The third kappa shape index (κ3) is 4.35. The second-order valence-electron chi connectivity index (χ2n) is 7.23. The Morgan fingerprint density at radius 2 is 1.97 bits per heavy atom. The van der Waals surface area contributed by atoms with E-state index in [1.54, 1.807) is 26.4 Å². The Hall–Kier alpha value is -3.30. The molecule has 0 amide bonds. The van der Waals surface area contributed by atoms with Crippen LogP contribution in [0.2, 0.25) is 0 Å². The molecule has 4 rings (SSSR count). The van der Waals surface area contributed by atoms with Crippen molar-refractivity contribution in [3.63, 3.8) is 0 Å². The lowest BCUT2D eigenvalue weighted by Crippen LogP contribution is -2.47. The molecule has 1 aliphatic rings. The molecule has 0 aliphatic carbocycles. The predicted molar refractivity (Wildman–Crippen MR) is 122 cm³/mol. The summed E-state index contributed by atoms with van der Waals surface area (Å²) in [4.78, 5) is 6.59. The number of halogens is 1. The highest BCUT2D eigenvalue weighted by Crippen LogP contribution is 2.37. The molecule has 0 bridgehead atoms. The molecule has 1 aromatic heterocycles. The summed E-state index contributed by atoms with van der Waals surface area (Å²) in [7, 11) is 3.24. The van der Waals surface area contributed by atoms with Crippen molar-refractivity contribution in [2.24, 2.45) is 0 Å². The Bertz CT molecular complexity index is 1150. The molecule has 166 valence electrons. The number of thiocarbonyl (C=S) groups is 1. The summed E-state index contributed by atoms with van der Waals surface area (Å²) < 4.78 is 29.8. The standard InChI is InChI=1S/C23H23FN4O3S/c1-14-19(22-26-21(27-31-22)16-5-4-6-18(13-16)30-3)20(15-7-9-17(24)10-8-15)25-23(32)28(14)11-12-29-2/h4-10,13,20H,11-12H2,1-3H3,(H,25,32). The molecule has 0 saturated carbocycles. The van der Waals surface area contributed by atoms with Gasteiger partial charge in [0.15, 0.2) is 5.11 Å². The summed E-state index contributed by atoms with van der Waals surface area (Å²) in [5.41, 5.74) is 3.23. The van der Waals surface area contributed by atoms with E-state index in [4.69, 9.17) is 26.2 Å². The maximum absolute atomic E-state index is 13.6. The molecule has 0 radical (unpaired) electrons. The van der Waals surface area contributed by atoms with Gasteiger partial charge in [0.1, 0.15) is 11.6 Å². The lowest BCUT2D eigenvalue weighted by atomic mass is 9.95. The Balaban J connectivity index is 1.79. The van der Waals surface area contributed by atoms with E-state index in [9.17, 15) is 4.39 Å². The van der Waals surface area contributed by atoms with Crippen LogP contribution in [0.3, 0.4) is 0 Å². The minimum atomic E-state index is -0.375. The summed E-state index contributed by atoms with van der Waals surface area (Å²) in [6.07, 6.45) is 0. The number of hydrogen-bond acceptors (Lipinski definition) is 6. The van der Waals surface area contributed by atoms with E-state index in [0.29, 0.717) is 35.7 Å². The number of ether oxygens (including phenoxy) is 2. The van der Waals surface area contributed by atoms with Crippen LogP contribution in [0, 0.1) is 5.82 Å². The van der Waals surface area contributed by atoms with Gasteiger partial charge in [-0.3, -0.25) is 0 Å². The van der Waals surface area contributed by atoms with Gasteiger partial charge < -0.3 is 24.2 Å². The first-order valence-corrected chi connectivity index (χ1v) is 10.4. The Labute approximate surface area is 190 Å². The highest BCUT2D eigenvalue weighted by molar-refractivity contribution is 7.80. The van der Waals surface area contributed by atoms with E-state index >= 15 is 0 Å². The molecule has 1 atom stereocenters. The molecule has 2 aromatic carbocycles. The first-order valence-electron chi connectivity index (χ1n) is 10.0. The van der Waals surface area contributed by atoms with Crippen LogP contribution in [0.15, 0.2) is 58.8 Å². The van der Waals surface area contributed by atoms with Gasteiger partial charge in [-0.15, -0.1) is 0 Å². The predicted octanol–water partition coefficient (Wildman–Crippen LogP) is 4.19. The van der Waals surface area contributed by atoms with Crippen molar-refractivity contribution in [3.05, 3.63) is 71.5 Å². The zero-order valence-corrected chi connectivity index (χ0v) is 18.8. The molecule has 7 nitrogen and oxygen atoms in total. The molecule has 3 aromatic rings. The van der Waals surface area contributed by atoms with Crippen molar-refractivity contribution in [2.45, 2.75) is 13.0 Å². The highest BCUT2D eigenvalue weighted by atomic mass is 32.1. The van der Waals surface area contributed by atoms with Gasteiger partial charge in [0.2, 0.25) is 5.82 Å². The molecular formula is C23H23FN4O3S. The van der Waals surface area contributed by atoms with Gasteiger partial charge in [-0.2, -0.15) is 4.98 Å². The second kappa shape index (κ2) is 9.46. The van der Waals surface area contributed by atoms with Crippen LogP contribution in [0.25, 0.3) is 17.0 Å². The third-order valence-electron chi connectivity index (χ3n) is 5.30. The van der Waals surface area contributed by atoms with Gasteiger partial charge in [-0.1, -0.05) is 29.4 Å². The Morgan fingerprint density at radius 3 is 2.69 bits per heavy atom. The van der Waals surface area contributed by atoms with Crippen molar-refractivity contribution in [3.8, 4) is 17.1 Å². The maximum Gasteiger partial charge on any atom is 0.258 e. The molecule has 0 fully saturated rings. The van der Waals surface area contributed by atoms with E-state index in [2.05, 4.69) is 15.5 Å². The van der Waals surface area contributed by atoms with Crippen LogP contribution in [0.1, 0.15) is 24.4 Å². The molecule has 0 spiro atoms. The van der Waals surface area contributed by atoms with Gasteiger partial charge in [0.05, 0.1) is 25.3 Å². The lowest BCUT2D eigenvalue weighted by Gasteiger charge is -2.37. The Morgan fingerprint density at radius 1 is 1.19 bits per heavy atom. The summed E-state index contributed by atoms with van der Waals surface area (Å²) in [5, 5.41) is 8.06. The SMILES string of the molecule is COCCN1C(=S)NC(c2ccc(F)cc2)C(c2nc(-c3cccc(OC)c3)no2)=C1C. The quantitative estimate of drug-likeness (QED) is 0.533. The van der Waals surface area contributed by atoms with Gasteiger partial charge in [0.25, 0.3) is 5.89 Å². The first-order chi connectivity index (χ1) is 15.5. The fourth-order valence-corrected chi connectivity index (χ4v) is 3.97. The Kier molecular flexibility index (Phi) is 6.48. The van der Waals surface area contributed by atoms with Crippen molar-refractivity contribution in [2.75, 3.05) is 27.4 Å². The number of allylic oxidation sites excluding steroid dienone is 1. The topological polar surface area (TPSA) is 72.7 Å². The molecule has 1 unspecified atom stereocenters. The van der Waals surface area contributed by atoms with Gasteiger partial charge in [-0.25, -0.2) is 4.39 Å². The minimum absolute atomic E-state index is 0.311. The van der Waals surface area contributed by atoms with Crippen LogP contribution < -0.4 is 10.1 Å². The zero-order chi connectivity index (χ0) is 22.7. The van der Waals surface area contributed by atoms with Crippen molar-refractivity contribution < 1.29 is 18.4 Å². The number of rotatable bonds is 7. The van der Waals surface area contributed by atoms with E-state index < -0.39 is 0 Å². The van der Waals surface area contributed by atoms with Crippen LogP contribution in [0.5, 0.6) is 5.75 Å². The van der Waals surface area contributed by atoms with Crippen LogP contribution in [-0.4, -0.2) is 47.5 Å². The average molecular weight is 455 g/mol. The number of aromatic nitrogens is 2. The normalized spacial score (nSPS) is 16.3. The van der Waals surface area contributed by atoms with E-state index in [1.807, 2.05) is 36.1 Å². The van der Waals surface area contributed by atoms with Crippen molar-refractivity contribution in [1.82, 2.24) is 20.4 Å². The molecule has 9 heteroatoms. The van der Waals surface area contributed by atoms with E-state index in [0.717, 1.165) is 22.4 Å². The fraction of sp³-hybridized carbons (Fsp3) is 0.261. The molecule has 32 heavy (non-hydrogen) atoms. The van der Waals surface area contributed by atoms with Crippen LogP contribution >= 0.6 is 12.2 Å². The van der Waals surface area contributed by atoms with Gasteiger partial charge >= 0.3 is 0 Å². The number of nitrogens with one attached hydrogen (secondary N) is 1. The minimum Gasteiger partial charge on any atom is -0.497 e. The summed E-state index contributed by atoms with van der Waals surface area (Å²) in [6, 6.07) is 13.3. The van der Waals surface area contributed by atoms with Gasteiger partial charge in [0, 0.05) is 24.9 Å². The van der Waals surface area contributed by atoms with E-state index in [1.165, 1.54) is 12.1 Å². The monoisotopic (exact) mass is 454 g/mol. The summed E-state index contributed by atoms with van der Waals surface area (Å²) >= 11 is 5.60. The first kappa shape index (κ1) is 21.9. The lowest BCUT2D eigenvalue weighted by molar-refractivity contribution is 0.183.